The molecule has 0 fully saturated rings. The smallest absolute Gasteiger partial charge is 0.357 e. The van der Waals surface area contributed by atoms with E-state index in [1.807, 2.05) is 25.1 Å². The lowest BCUT2D eigenvalue weighted by Gasteiger charge is -2.12. The molecule has 0 unspecified atom stereocenters. The first kappa shape index (κ1) is 15.1. The normalized spacial score (nSPS) is 10.8. The summed E-state index contributed by atoms with van der Waals surface area (Å²) in [5.41, 5.74) is 1.48. The second-order valence-corrected chi connectivity index (χ2v) is 4.57. The van der Waals surface area contributed by atoms with Gasteiger partial charge in [-0.3, -0.25) is 0 Å². The van der Waals surface area contributed by atoms with Gasteiger partial charge in [0, 0.05) is 11.3 Å². The van der Waals surface area contributed by atoms with Gasteiger partial charge in [0.05, 0.1) is 19.9 Å². The number of allylic oxidation sites excluding steroid dienone is 1. The van der Waals surface area contributed by atoms with Crippen molar-refractivity contribution in [3.63, 3.8) is 0 Å². The molecule has 21 heavy (non-hydrogen) atoms. The number of esters is 1. The molecule has 110 valence electrons. The van der Waals surface area contributed by atoms with E-state index in [2.05, 4.69) is 10.3 Å². The zero-order valence-electron chi connectivity index (χ0n) is 11.7. The Morgan fingerprint density at radius 1 is 1.57 bits per heavy atom. The lowest BCUT2D eigenvalue weighted by atomic mass is 10.1. The highest BCUT2D eigenvalue weighted by Crippen LogP contribution is 2.25. The van der Waals surface area contributed by atoms with Crippen LogP contribution in [0.4, 0.5) is 5.69 Å². The van der Waals surface area contributed by atoms with Crippen molar-refractivity contribution in [2.45, 2.75) is 13.5 Å². The van der Waals surface area contributed by atoms with Gasteiger partial charge in [-0.2, -0.15) is 0 Å². The molecule has 0 saturated heterocycles. The summed E-state index contributed by atoms with van der Waals surface area (Å²) in [4.78, 5) is 15.9. The van der Waals surface area contributed by atoms with E-state index in [4.69, 9.17) is 20.8 Å². The quantitative estimate of drug-likeness (QED) is 0.673. The Bertz CT molecular complexity index is 651. The van der Waals surface area contributed by atoms with E-state index in [1.165, 1.54) is 7.11 Å². The summed E-state index contributed by atoms with van der Waals surface area (Å²) in [6, 6.07) is 5.32. The number of nitrogens with zero attached hydrogens (tertiary/aromatic N) is 1. The molecule has 0 atom stereocenters. The molecule has 2 heterocycles. The van der Waals surface area contributed by atoms with Gasteiger partial charge in [-0.05, 0) is 25.1 Å². The molecule has 0 aliphatic rings. The summed E-state index contributed by atoms with van der Waals surface area (Å²) < 4.78 is 10.0. The van der Waals surface area contributed by atoms with Crippen LogP contribution in [0, 0.1) is 0 Å². The van der Waals surface area contributed by atoms with Crippen LogP contribution in [0.15, 0.2) is 35.0 Å². The highest BCUT2D eigenvalue weighted by molar-refractivity contribution is 6.30. The maximum Gasteiger partial charge on any atom is 0.357 e. The average molecular weight is 307 g/mol. The lowest BCUT2D eigenvalue weighted by molar-refractivity contribution is 0.0594. The Morgan fingerprint density at radius 2 is 2.38 bits per heavy atom. The van der Waals surface area contributed by atoms with Crippen LogP contribution < -0.4 is 5.32 Å². The Labute approximate surface area is 127 Å². The van der Waals surface area contributed by atoms with E-state index in [0.29, 0.717) is 17.8 Å². The zero-order chi connectivity index (χ0) is 15.2. The summed E-state index contributed by atoms with van der Waals surface area (Å²) >= 11 is 5.98. The van der Waals surface area contributed by atoms with E-state index in [9.17, 15) is 4.79 Å². The van der Waals surface area contributed by atoms with Crippen LogP contribution in [-0.2, 0) is 11.3 Å². The van der Waals surface area contributed by atoms with Crippen LogP contribution in [0.25, 0.3) is 6.08 Å². The minimum Gasteiger partial charge on any atom is -0.467 e. The number of rotatable bonds is 5. The van der Waals surface area contributed by atoms with E-state index >= 15 is 0 Å². The molecule has 2 rings (SSSR count). The summed E-state index contributed by atoms with van der Waals surface area (Å²) in [7, 11) is 1.31. The predicted molar refractivity (Wildman–Crippen MR) is 81.3 cm³/mol. The first-order valence-corrected chi connectivity index (χ1v) is 6.71. The Balaban J connectivity index is 2.38. The second-order valence-electron chi connectivity index (χ2n) is 4.18. The number of hydrogen-bond acceptors (Lipinski definition) is 5. The topological polar surface area (TPSA) is 64.4 Å². The van der Waals surface area contributed by atoms with Crippen molar-refractivity contribution >= 4 is 29.3 Å². The van der Waals surface area contributed by atoms with Gasteiger partial charge in [-0.1, -0.05) is 23.8 Å². The number of anilines is 1. The molecule has 2 aromatic rings. The fourth-order valence-corrected chi connectivity index (χ4v) is 2.05. The van der Waals surface area contributed by atoms with Gasteiger partial charge >= 0.3 is 5.97 Å². The third-order valence-electron chi connectivity index (χ3n) is 2.77. The average Bonchev–Trinajstić information content (AvgIpc) is 2.99. The molecule has 6 heteroatoms. The molecular formula is C15H15ClN2O3. The van der Waals surface area contributed by atoms with Crippen molar-refractivity contribution in [2.24, 2.45) is 0 Å². The molecule has 2 aromatic heterocycles. The standard InChI is InChI=1S/C15H15ClN2O3/c1-3-5-11-12(17-9-10-6-4-7-21-10)8-13(16)18-14(11)15(19)20-2/h3-8H,9H2,1-2H3,(H,17,18). The predicted octanol–water partition coefficient (Wildman–Crippen LogP) is 3.76. The van der Waals surface area contributed by atoms with Crippen molar-refractivity contribution < 1.29 is 13.9 Å². The van der Waals surface area contributed by atoms with Crippen molar-refractivity contribution in [1.29, 1.82) is 0 Å². The molecule has 0 aromatic carbocycles. The van der Waals surface area contributed by atoms with Gasteiger partial charge < -0.3 is 14.5 Å². The number of carbonyl (C=O) groups is 1. The molecule has 0 aliphatic carbocycles. The summed E-state index contributed by atoms with van der Waals surface area (Å²) in [6.07, 6.45) is 5.19. The fraction of sp³-hybridized carbons (Fsp3) is 0.200. The maximum atomic E-state index is 11.8. The Hall–Kier alpha value is -2.27. The second kappa shape index (κ2) is 6.95. The van der Waals surface area contributed by atoms with Gasteiger partial charge in [0.2, 0.25) is 0 Å². The molecule has 0 amide bonds. The molecule has 0 radical (unpaired) electrons. The Kier molecular flexibility index (Phi) is 5.00. The van der Waals surface area contributed by atoms with Gasteiger partial charge in [0.25, 0.3) is 0 Å². The number of methoxy groups -OCH3 is 1. The number of carbonyl (C=O) groups excluding carboxylic acids is 1. The van der Waals surface area contributed by atoms with Crippen LogP contribution >= 0.6 is 11.6 Å². The molecule has 0 saturated carbocycles. The largest absolute Gasteiger partial charge is 0.467 e. The molecule has 1 N–H and O–H groups in total. The van der Waals surface area contributed by atoms with Crippen molar-refractivity contribution in [3.05, 3.63) is 52.7 Å². The summed E-state index contributed by atoms with van der Waals surface area (Å²) in [5.74, 6) is 0.237. The van der Waals surface area contributed by atoms with E-state index in [0.717, 1.165) is 5.76 Å². The van der Waals surface area contributed by atoms with Crippen molar-refractivity contribution in [3.8, 4) is 0 Å². The van der Waals surface area contributed by atoms with Crippen LogP contribution in [0.1, 0.15) is 28.7 Å². The number of hydrogen-bond donors (Lipinski definition) is 1. The minimum absolute atomic E-state index is 0.171. The highest BCUT2D eigenvalue weighted by atomic mass is 35.5. The Morgan fingerprint density at radius 3 is 3.00 bits per heavy atom. The number of furan rings is 1. The molecule has 0 aliphatic heterocycles. The first-order chi connectivity index (χ1) is 10.2. The number of halogens is 1. The first-order valence-electron chi connectivity index (χ1n) is 6.33. The summed E-state index contributed by atoms with van der Waals surface area (Å²) in [5, 5.41) is 3.40. The van der Waals surface area contributed by atoms with Gasteiger partial charge in [-0.25, -0.2) is 9.78 Å². The summed E-state index contributed by atoms with van der Waals surface area (Å²) in [6.45, 7) is 2.32. The monoisotopic (exact) mass is 306 g/mol. The van der Waals surface area contributed by atoms with Gasteiger partial charge in [-0.15, -0.1) is 0 Å². The highest BCUT2D eigenvalue weighted by Gasteiger charge is 2.17. The van der Waals surface area contributed by atoms with Crippen LogP contribution in [-0.4, -0.2) is 18.1 Å². The lowest BCUT2D eigenvalue weighted by Crippen LogP contribution is -2.10. The number of nitrogens with one attached hydrogen (secondary N) is 1. The van der Waals surface area contributed by atoms with Crippen molar-refractivity contribution in [2.75, 3.05) is 12.4 Å². The zero-order valence-corrected chi connectivity index (χ0v) is 12.5. The van der Waals surface area contributed by atoms with Crippen molar-refractivity contribution in [1.82, 2.24) is 4.98 Å². The van der Waals surface area contributed by atoms with Gasteiger partial charge in [0.15, 0.2) is 5.69 Å². The van der Waals surface area contributed by atoms with E-state index in [-0.39, 0.29) is 10.8 Å². The maximum absolute atomic E-state index is 11.8. The number of pyridine rings is 1. The fourth-order valence-electron chi connectivity index (χ4n) is 1.85. The molecule has 5 nitrogen and oxygen atoms in total. The number of ether oxygens (including phenoxy) is 1. The van der Waals surface area contributed by atoms with Crippen LogP contribution in [0.5, 0.6) is 0 Å². The minimum atomic E-state index is -0.536. The van der Waals surface area contributed by atoms with Crippen LogP contribution in [0.2, 0.25) is 5.15 Å². The molecule has 0 bridgehead atoms. The van der Waals surface area contributed by atoms with Crippen LogP contribution in [0.3, 0.4) is 0 Å². The van der Waals surface area contributed by atoms with E-state index in [1.54, 1.807) is 18.4 Å². The molecule has 0 spiro atoms. The van der Waals surface area contributed by atoms with Gasteiger partial charge in [0.1, 0.15) is 10.9 Å². The molecular weight excluding hydrogens is 292 g/mol. The third-order valence-corrected chi connectivity index (χ3v) is 2.97. The number of aromatic nitrogens is 1. The SMILES string of the molecule is CC=Cc1c(NCc2ccco2)cc(Cl)nc1C(=O)OC. The third kappa shape index (κ3) is 3.64. The van der Waals surface area contributed by atoms with E-state index < -0.39 is 5.97 Å².